The Bertz CT molecular complexity index is 474. The van der Waals surface area contributed by atoms with Crippen LogP contribution < -0.4 is 15.4 Å². The molecule has 0 saturated carbocycles. The van der Waals surface area contributed by atoms with Gasteiger partial charge in [0.05, 0.1) is 12.8 Å². The number of hydrogen-bond donors (Lipinski definition) is 2. The molecule has 1 unspecified atom stereocenters. The summed E-state index contributed by atoms with van der Waals surface area (Å²) in [5.41, 5.74) is 1.60. The molecule has 0 radical (unpaired) electrons. The summed E-state index contributed by atoms with van der Waals surface area (Å²) in [6.07, 6.45) is 1.60. The number of benzene rings is 1. The predicted molar refractivity (Wildman–Crippen MR) is 84.2 cm³/mol. The first-order valence-corrected chi connectivity index (χ1v) is 6.82. The lowest BCUT2D eigenvalue weighted by atomic mass is 10.0. The van der Waals surface area contributed by atoms with Gasteiger partial charge in [0, 0.05) is 17.5 Å². The Balaban J connectivity index is 0.00000200. The van der Waals surface area contributed by atoms with Crippen molar-refractivity contribution in [2.24, 2.45) is 5.92 Å². The number of halogens is 2. The van der Waals surface area contributed by atoms with E-state index in [0.717, 1.165) is 25.1 Å². The lowest BCUT2D eigenvalue weighted by Gasteiger charge is -2.13. The first kappa shape index (κ1) is 17.1. The van der Waals surface area contributed by atoms with Gasteiger partial charge in [0.25, 0.3) is 0 Å². The molecule has 1 amide bonds. The van der Waals surface area contributed by atoms with Crippen LogP contribution in [0.5, 0.6) is 5.75 Å². The van der Waals surface area contributed by atoms with Crippen LogP contribution in [0.2, 0.25) is 5.02 Å². The second-order valence-corrected chi connectivity index (χ2v) is 5.32. The van der Waals surface area contributed by atoms with Gasteiger partial charge in [0.2, 0.25) is 5.91 Å². The normalized spacial score (nSPS) is 17.4. The van der Waals surface area contributed by atoms with Crippen LogP contribution in [-0.2, 0) is 4.79 Å². The fourth-order valence-electron chi connectivity index (χ4n) is 2.28. The Morgan fingerprint density at radius 3 is 2.90 bits per heavy atom. The molecule has 4 nitrogen and oxygen atoms in total. The highest BCUT2D eigenvalue weighted by Gasteiger charge is 2.19. The molecule has 2 N–H and O–H groups in total. The number of carbonyl (C=O) groups is 1. The summed E-state index contributed by atoms with van der Waals surface area (Å²) in [5, 5.41) is 6.80. The number of aryl methyl sites for hydroxylation is 1. The lowest BCUT2D eigenvalue weighted by Crippen LogP contribution is -2.18. The van der Waals surface area contributed by atoms with E-state index in [2.05, 4.69) is 10.6 Å². The zero-order valence-electron chi connectivity index (χ0n) is 11.7. The van der Waals surface area contributed by atoms with Gasteiger partial charge in [0.15, 0.2) is 0 Å². The lowest BCUT2D eigenvalue weighted by molar-refractivity contribution is -0.117. The van der Waals surface area contributed by atoms with E-state index in [9.17, 15) is 4.79 Å². The van der Waals surface area contributed by atoms with Crippen molar-refractivity contribution in [1.82, 2.24) is 5.32 Å². The van der Waals surface area contributed by atoms with Gasteiger partial charge in [-0.1, -0.05) is 11.6 Å². The smallest absolute Gasteiger partial charge is 0.224 e. The largest absolute Gasteiger partial charge is 0.495 e. The van der Waals surface area contributed by atoms with Crippen LogP contribution in [0.3, 0.4) is 0 Å². The fraction of sp³-hybridized carbons (Fsp3) is 0.500. The van der Waals surface area contributed by atoms with Crippen molar-refractivity contribution in [3.05, 3.63) is 22.7 Å². The Morgan fingerprint density at radius 2 is 2.30 bits per heavy atom. The third kappa shape index (κ3) is 4.27. The molecule has 112 valence electrons. The number of ether oxygens (including phenoxy) is 1. The van der Waals surface area contributed by atoms with Crippen molar-refractivity contribution in [2.75, 3.05) is 25.5 Å². The molecule has 1 aromatic rings. The number of hydrogen-bond acceptors (Lipinski definition) is 3. The van der Waals surface area contributed by atoms with Gasteiger partial charge in [-0.25, -0.2) is 0 Å². The quantitative estimate of drug-likeness (QED) is 0.897. The maximum atomic E-state index is 12.0. The van der Waals surface area contributed by atoms with Crippen LogP contribution in [-0.4, -0.2) is 26.1 Å². The maximum Gasteiger partial charge on any atom is 0.224 e. The van der Waals surface area contributed by atoms with Crippen LogP contribution in [0, 0.1) is 12.8 Å². The van der Waals surface area contributed by atoms with Crippen molar-refractivity contribution in [3.8, 4) is 5.75 Å². The van der Waals surface area contributed by atoms with Crippen molar-refractivity contribution in [1.29, 1.82) is 0 Å². The van der Waals surface area contributed by atoms with Crippen molar-refractivity contribution in [3.63, 3.8) is 0 Å². The average molecular weight is 319 g/mol. The second-order valence-electron chi connectivity index (χ2n) is 4.91. The first-order chi connectivity index (χ1) is 9.10. The summed E-state index contributed by atoms with van der Waals surface area (Å²) in [7, 11) is 1.57. The van der Waals surface area contributed by atoms with E-state index in [0.29, 0.717) is 28.8 Å². The number of methoxy groups -OCH3 is 1. The molecule has 1 saturated heterocycles. The minimum atomic E-state index is 0. The SMILES string of the molecule is COc1cc(Cl)c(C)cc1NC(=O)CC1CCNC1.Cl. The van der Waals surface area contributed by atoms with Gasteiger partial charge in [-0.2, -0.15) is 0 Å². The van der Waals surface area contributed by atoms with Crippen LogP contribution in [0.15, 0.2) is 12.1 Å². The topological polar surface area (TPSA) is 50.4 Å². The molecule has 1 aliphatic rings. The van der Waals surface area contributed by atoms with E-state index >= 15 is 0 Å². The summed E-state index contributed by atoms with van der Waals surface area (Å²) in [4.78, 5) is 12.0. The molecule has 1 fully saturated rings. The number of anilines is 1. The molecule has 0 aromatic heterocycles. The molecular weight excluding hydrogens is 299 g/mol. The number of nitrogens with one attached hydrogen (secondary N) is 2. The van der Waals surface area contributed by atoms with E-state index in [1.165, 1.54) is 0 Å². The van der Waals surface area contributed by atoms with E-state index < -0.39 is 0 Å². The van der Waals surface area contributed by atoms with Gasteiger partial charge in [-0.3, -0.25) is 4.79 Å². The zero-order chi connectivity index (χ0) is 13.8. The number of carbonyl (C=O) groups excluding carboxylic acids is 1. The fourth-order valence-corrected chi connectivity index (χ4v) is 2.44. The highest BCUT2D eigenvalue weighted by Crippen LogP contribution is 2.31. The van der Waals surface area contributed by atoms with Crippen LogP contribution in [0.25, 0.3) is 0 Å². The van der Waals surface area contributed by atoms with E-state index in [4.69, 9.17) is 16.3 Å². The van der Waals surface area contributed by atoms with Gasteiger partial charge in [-0.05, 0) is 44.0 Å². The minimum absolute atomic E-state index is 0. The van der Waals surface area contributed by atoms with Crippen LogP contribution in [0.4, 0.5) is 5.69 Å². The third-order valence-electron chi connectivity index (χ3n) is 3.39. The van der Waals surface area contributed by atoms with Gasteiger partial charge < -0.3 is 15.4 Å². The Kier molecular flexibility index (Phi) is 6.59. The summed E-state index contributed by atoms with van der Waals surface area (Å²) < 4.78 is 5.24. The highest BCUT2D eigenvalue weighted by atomic mass is 35.5. The van der Waals surface area contributed by atoms with Crippen molar-refractivity contribution >= 4 is 35.6 Å². The molecule has 1 aliphatic heterocycles. The molecule has 2 rings (SSSR count). The van der Waals surface area contributed by atoms with Crippen molar-refractivity contribution in [2.45, 2.75) is 19.8 Å². The summed E-state index contributed by atoms with van der Waals surface area (Å²) in [6, 6.07) is 3.57. The van der Waals surface area contributed by atoms with Gasteiger partial charge in [0.1, 0.15) is 5.75 Å². The molecule has 0 spiro atoms. The highest BCUT2D eigenvalue weighted by molar-refractivity contribution is 6.31. The molecule has 0 aliphatic carbocycles. The standard InChI is InChI=1S/C14H19ClN2O2.ClH/c1-9-5-12(13(19-2)7-11(9)15)17-14(18)6-10-3-4-16-8-10;/h5,7,10,16H,3-4,6,8H2,1-2H3,(H,17,18);1H. The molecule has 1 atom stereocenters. The predicted octanol–water partition coefficient (Wildman–Crippen LogP) is 3.02. The number of amides is 1. The molecule has 1 aromatic carbocycles. The molecule has 0 bridgehead atoms. The van der Waals surface area contributed by atoms with Gasteiger partial charge in [-0.15, -0.1) is 12.4 Å². The van der Waals surface area contributed by atoms with E-state index in [1.54, 1.807) is 13.2 Å². The summed E-state index contributed by atoms with van der Waals surface area (Å²) >= 11 is 6.04. The Labute approximate surface area is 130 Å². The van der Waals surface area contributed by atoms with Gasteiger partial charge >= 0.3 is 0 Å². The van der Waals surface area contributed by atoms with E-state index in [1.807, 2.05) is 13.0 Å². The molecule has 20 heavy (non-hydrogen) atoms. The zero-order valence-corrected chi connectivity index (χ0v) is 13.2. The van der Waals surface area contributed by atoms with Crippen LogP contribution >= 0.6 is 24.0 Å². The summed E-state index contributed by atoms with van der Waals surface area (Å²) in [5.74, 6) is 1.04. The summed E-state index contributed by atoms with van der Waals surface area (Å²) in [6.45, 7) is 3.82. The third-order valence-corrected chi connectivity index (χ3v) is 3.80. The number of rotatable bonds is 4. The Hall–Kier alpha value is -0.970. The van der Waals surface area contributed by atoms with E-state index in [-0.39, 0.29) is 18.3 Å². The van der Waals surface area contributed by atoms with Crippen molar-refractivity contribution < 1.29 is 9.53 Å². The first-order valence-electron chi connectivity index (χ1n) is 6.45. The molecule has 6 heteroatoms. The molecule has 1 heterocycles. The molecular formula is C14H20Cl2N2O2. The second kappa shape index (κ2) is 7.72. The Morgan fingerprint density at radius 1 is 1.55 bits per heavy atom. The minimum Gasteiger partial charge on any atom is -0.495 e. The monoisotopic (exact) mass is 318 g/mol. The average Bonchev–Trinajstić information content (AvgIpc) is 2.86. The maximum absolute atomic E-state index is 12.0. The van der Waals surface area contributed by atoms with Crippen LogP contribution in [0.1, 0.15) is 18.4 Å².